The fourth-order valence-corrected chi connectivity index (χ4v) is 1.46. The summed E-state index contributed by atoms with van der Waals surface area (Å²) in [6.07, 6.45) is 9.50. The molecule has 0 saturated carbocycles. The third-order valence-electron chi connectivity index (χ3n) is 2.42. The van der Waals surface area contributed by atoms with Crippen molar-refractivity contribution in [3.63, 3.8) is 0 Å². The predicted octanol–water partition coefficient (Wildman–Crippen LogP) is 2.37. The van der Waals surface area contributed by atoms with Crippen LogP contribution in [0.2, 0.25) is 0 Å². The van der Waals surface area contributed by atoms with Crippen LogP contribution < -0.4 is 5.48 Å². The third-order valence-corrected chi connectivity index (χ3v) is 2.42. The molecule has 92 valence electrons. The standard InChI is InChI=1S/C12H21NO3/c1-2-3-4-5-6-7-8-9-10-11(14)12(15)13-16/h2,16H,1,3-10H2,(H,13,15). The molecule has 0 spiro atoms. The number of allylic oxidation sites excluding steroid dienone is 1. The van der Waals surface area contributed by atoms with E-state index in [4.69, 9.17) is 5.21 Å². The average molecular weight is 227 g/mol. The molecule has 0 aromatic rings. The third kappa shape index (κ3) is 8.17. The van der Waals surface area contributed by atoms with Crippen LogP contribution in [0.3, 0.4) is 0 Å². The maximum absolute atomic E-state index is 11.0. The van der Waals surface area contributed by atoms with Crippen LogP contribution in [0, 0.1) is 0 Å². The smallest absolute Gasteiger partial charge is 0.289 e. The van der Waals surface area contributed by atoms with Crippen molar-refractivity contribution < 1.29 is 14.8 Å². The lowest BCUT2D eigenvalue weighted by molar-refractivity contribution is -0.143. The first kappa shape index (κ1) is 14.8. The first-order chi connectivity index (χ1) is 7.72. The number of hydroxylamine groups is 1. The molecule has 0 aliphatic heterocycles. The van der Waals surface area contributed by atoms with Gasteiger partial charge in [0.2, 0.25) is 5.78 Å². The summed E-state index contributed by atoms with van der Waals surface area (Å²) in [6, 6.07) is 0. The maximum Gasteiger partial charge on any atom is 0.310 e. The van der Waals surface area contributed by atoms with Crippen LogP contribution in [0.1, 0.15) is 51.4 Å². The number of rotatable bonds is 10. The highest BCUT2D eigenvalue weighted by Gasteiger charge is 2.10. The molecule has 4 nitrogen and oxygen atoms in total. The Morgan fingerprint density at radius 2 is 1.62 bits per heavy atom. The molecular weight excluding hydrogens is 206 g/mol. The van der Waals surface area contributed by atoms with Crippen LogP contribution in [-0.4, -0.2) is 16.9 Å². The van der Waals surface area contributed by atoms with Crippen LogP contribution >= 0.6 is 0 Å². The zero-order valence-corrected chi connectivity index (χ0v) is 9.71. The molecule has 0 fully saturated rings. The molecule has 0 atom stereocenters. The zero-order chi connectivity index (χ0) is 12.2. The fourth-order valence-electron chi connectivity index (χ4n) is 1.46. The van der Waals surface area contributed by atoms with Gasteiger partial charge in [-0.2, -0.15) is 0 Å². The molecule has 1 amide bonds. The molecule has 0 unspecified atom stereocenters. The predicted molar refractivity (Wildman–Crippen MR) is 62.1 cm³/mol. The lowest BCUT2D eigenvalue weighted by atomic mass is 10.1. The summed E-state index contributed by atoms with van der Waals surface area (Å²) in [6.45, 7) is 3.66. The Hall–Kier alpha value is -1.16. The van der Waals surface area contributed by atoms with Crippen LogP contribution in [0.5, 0.6) is 0 Å². The van der Waals surface area contributed by atoms with Crippen molar-refractivity contribution in [3.05, 3.63) is 12.7 Å². The molecular formula is C12H21NO3. The molecule has 0 aliphatic carbocycles. The minimum Gasteiger partial charge on any atom is -0.289 e. The number of unbranched alkanes of at least 4 members (excludes halogenated alkanes) is 6. The number of nitrogens with one attached hydrogen (secondary N) is 1. The molecule has 0 saturated heterocycles. The fraction of sp³-hybridized carbons (Fsp3) is 0.667. The van der Waals surface area contributed by atoms with Crippen LogP contribution in [0.25, 0.3) is 0 Å². The Morgan fingerprint density at radius 1 is 1.06 bits per heavy atom. The van der Waals surface area contributed by atoms with E-state index >= 15 is 0 Å². The minimum absolute atomic E-state index is 0.221. The minimum atomic E-state index is -0.911. The second kappa shape index (κ2) is 10.4. The molecule has 0 rings (SSSR count). The van der Waals surface area contributed by atoms with Crippen molar-refractivity contribution in [2.75, 3.05) is 0 Å². The van der Waals surface area contributed by atoms with Gasteiger partial charge in [0.25, 0.3) is 0 Å². The van der Waals surface area contributed by atoms with Crippen molar-refractivity contribution in [1.82, 2.24) is 5.48 Å². The van der Waals surface area contributed by atoms with Gasteiger partial charge in [0.1, 0.15) is 0 Å². The van der Waals surface area contributed by atoms with E-state index in [1.165, 1.54) is 18.3 Å². The van der Waals surface area contributed by atoms with Crippen LogP contribution in [0.15, 0.2) is 12.7 Å². The molecule has 0 heterocycles. The van der Waals surface area contributed by atoms with Crippen molar-refractivity contribution in [3.8, 4) is 0 Å². The summed E-state index contributed by atoms with van der Waals surface area (Å²) in [4.78, 5) is 21.6. The van der Waals surface area contributed by atoms with E-state index in [2.05, 4.69) is 6.58 Å². The van der Waals surface area contributed by atoms with Gasteiger partial charge in [-0.05, 0) is 19.3 Å². The van der Waals surface area contributed by atoms with Crippen molar-refractivity contribution in [2.24, 2.45) is 0 Å². The molecule has 4 heteroatoms. The van der Waals surface area contributed by atoms with Gasteiger partial charge in [0.15, 0.2) is 0 Å². The van der Waals surface area contributed by atoms with Gasteiger partial charge >= 0.3 is 5.91 Å². The summed E-state index contributed by atoms with van der Waals surface area (Å²) in [7, 11) is 0. The van der Waals surface area contributed by atoms with E-state index in [0.29, 0.717) is 6.42 Å². The first-order valence-electron chi connectivity index (χ1n) is 5.80. The summed E-state index contributed by atoms with van der Waals surface area (Å²) < 4.78 is 0. The van der Waals surface area contributed by atoms with Gasteiger partial charge in [-0.15, -0.1) is 6.58 Å². The summed E-state index contributed by atoms with van der Waals surface area (Å²) in [5, 5.41) is 8.20. The topological polar surface area (TPSA) is 66.4 Å². The second-order valence-electron chi connectivity index (χ2n) is 3.81. The average Bonchev–Trinajstić information content (AvgIpc) is 2.31. The number of hydrogen-bond acceptors (Lipinski definition) is 3. The van der Waals surface area contributed by atoms with Crippen molar-refractivity contribution in [2.45, 2.75) is 51.4 Å². The zero-order valence-electron chi connectivity index (χ0n) is 9.71. The summed E-state index contributed by atoms with van der Waals surface area (Å²) in [5.41, 5.74) is 1.34. The van der Waals surface area contributed by atoms with Gasteiger partial charge in [0, 0.05) is 6.42 Å². The molecule has 2 N–H and O–H groups in total. The largest absolute Gasteiger partial charge is 0.310 e. The van der Waals surface area contributed by atoms with E-state index in [9.17, 15) is 9.59 Å². The number of carbonyl (C=O) groups excluding carboxylic acids is 2. The highest BCUT2D eigenvalue weighted by molar-refractivity contribution is 6.35. The normalized spacial score (nSPS) is 9.81. The van der Waals surface area contributed by atoms with E-state index in [0.717, 1.165) is 25.7 Å². The lowest BCUT2D eigenvalue weighted by Crippen LogP contribution is -2.27. The van der Waals surface area contributed by atoms with E-state index < -0.39 is 11.7 Å². The molecule has 0 aliphatic rings. The first-order valence-corrected chi connectivity index (χ1v) is 5.80. The maximum atomic E-state index is 11.0. The Bertz CT molecular complexity index is 226. The summed E-state index contributed by atoms with van der Waals surface area (Å²) in [5.74, 6) is -1.46. The highest BCUT2D eigenvalue weighted by atomic mass is 16.5. The summed E-state index contributed by atoms with van der Waals surface area (Å²) >= 11 is 0. The van der Waals surface area contributed by atoms with Gasteiger partial charge in [-0.25, -0.2) is 5.48 Å². The highest BCUT2D eigenvalue weighted by Crippen LogP contribution is 2.08. The molecule has 0 radical (unpaired) electrons. The van der Waals surface area contributed by atoms with Crippen molar-refractivity contribution in [1.29, 1.82) is 0 Å². The number of ketones is 1. The SMILES string of the molecule is C=CCCCCCCCCC(=O)C(=O)NO. The van der Waals surface area contributed by atoms with Crippen LogP contribution in [0.4, 0.5) is 0 Å². The Morgan fingerprint density at radius 3 is 2.19 bits per heavy atom. The van der Waals surface area contributed by atoms with Gasteiger partial charge in [-0.3, -0.25) is 14.8 Å². The second-order valence-corrected chi connectivity index (χ2v) is 3.81. The van der Waals surface area contributed by atoms with Crippen LogP contribution in [-0.2, 0) is 9.59 Å². The van der Waals surface area contributed by atoms with Gasteiger partial charge < -0.3 is 0 Å². The number of amides is 1. The monoisotopic (exact) mass is 227 g/mol. The number of hydrogen-bond donors (Lipinski definition) is 2. The molecule has 16 heavy (non-hydrogen) atoms. The Balaban J connectivity index is 3.24. The van der Waals surface area contributed by atoms with Gasteiger partial charge in [0.05, 0.1) is 0 Å². The van der Waals surface area contributed by atoms with E-state index in [-0.39, 0.29) is 6.42 Å². The van der Waals surface area contributed by atoms with E-state index in [1.54, 1.807) is 0 Å². The molecule has 0 bridgehead atoms. The quantitative estimate of drug-likeness (QED) is 0.198. The molecule has 0 aromatic carbocycles. The Kier molecular flexibility index (Phi) is 9.61. The number of Topliss-reactive ketones (excluding diaryl/α,β-unsaturated/α-hetero) is 1. The van der Waals surface area contributed by atoms with Gasteiger partial charge in [-0.1, -0.05) is 31.8 Å². The van der Waals surface area contributed by atoms with Crippen molar-refractivity contribution >= 4 is 11.7 Å². The van der Waals surface area contributed by atoms with E-state index in [1.807, 2.05) is 6.08 Å². The lowest BCUT2D eigenvalue weighted by Gasteiger charge is -2.00. The Labute approximate surface area is 96.7 Å². The number of carbonyl (C=O) groups is 2. The molecule has 0 aromatic heterocycles.